The quantitative estimate of drug-likeness (QED) is 0.594. The van der Waals surface area contributed by atoms with E-state index in [4.69, 9.17) is 5.73 Å². The molecule has 0 aliphatic carbocycles. The fourth-order valence-corrected chi connectivity index (χ4v) is 0.596. The van der Waals surface area contributed by atoms with Gasteiger partial charge in [-0.05, 0) is 24.8 Å². The molecule has 1 nitrogen and oxygen atoms in total. The van der Waals surface area contributed by atoms with Gasteiger partial charge in [0.05, 0.1) is 0 Å². The first-order valence-corrected chi connectivity index (χ1v) is 3.38. The Labute approximate surface area is 52.3 Å². The highest BCUT2D eigenvalue weighted by atomic mass is 14.5. The first-order valence-electron chi connectivity index (χ1n) is 3.38. The second kappa shape index (κ2) is 3.90. The molecule has 0 aromatic heterocycles. The lowest BCUT2D eigenvalue weighted by atomic mass is 9.95. The second-order valence-corrected chi connectivity index (χ2v) is 2.80. The summed E-state index contributed by atoms with van der Waals surface area (Å²) < 4.78 is 0. The topological polar surface area (TPSA) is 26.0 Å². The van der Waals surface area contributed by atoms with Gasteiger partial charge in [0.25, 0.3) is 0 Å². The zero-order chi connectivity index (χ0) is 6.57. The molecule has 0 aliphatic heterocycles. The van der Waals surface area contributed by atoms with Crippen LogP contribution in [0.1, 0.15) is 27.2 Å². The van der Waals surface area contributed by atoms with Crippen LogP contribution in [0.2, 0.25) is 0 Å². The summed E-state index contributed by atoms with van der Waals surface area (Å²) in [7, 11) is 0. The van der Waals surface area contributed by atoms with Crippen molar-refractivity contribution < 1.29 is 0 Å². The molecule has 0 spiro atoms. The lowest BCUT2D eigenvalue weighted by molar-refractivity contribution is 0.397. The maximum atomic E-state index is 5.37. The Bertz CT molecular complexity index is 50.3. The van der Waals surface area contributed by atoms with Gasteiger partial charge in [-0.25, -0.2) is 0 Å². The van der Waals surface area contributed by atoms with Crippen molar-refractivity contribution in [2.45, 2.75) is 27.2 Å². The van der Waals surface area contributed by atoms with E-state index in [-0.39, 0.29) is 0 Å². The molecule has 0 radical (unpaired) electrons. The van der Waals surface area contributed by atoms with Crippen LogP contribution in [0.3, 0.4) is 0 Å². The van der Waals surface area contributed by atoms with Crippen molar-refractivity contribution in [2.24, 2.45) is 17.6 Å². The van der Waals surface area contributed by atoms with Crippen LogP contribution in [0.15, 0.2) is 0 Å². The van der Waals surface area contributed by atoms with Crippen LogP contribution in [-0.2, 0) is 0 Å². The Morgan fingerprint density at radius 3 is 1.88 bits per heavy atom. The van der Waals surface area contributed by atoms with Gasteiger partial charge in [0.1, 0.15) is 0 Å². The van der Waals surface area contributed by atoms with E-state index in [2.05, 4.69) is 20.8 Å². The van der Waals surface area contributed by atoms with Gasteiger partial charge in [0.15, 0.2) is 0 Å². The van der Waals surface area contributed by atoms with Crippen LogP contribution in [0.25, 0.3) is 0 Å². The zero-order valence-corrected chi connectivity index (χ0v) is 6.15. The zero-order valence-electron chi connectivity index (χ0n) is 6.15. The molecular weight excluding hydrogens is 98.1 g/mol. The van der Waals surface area contributed by atoms with Crippen molar-refractivity contribution in [2.75, 3.05) is 6.54 Å². The molecule has 0 heterocycles. The van der Waals surface area contributed by atoms with Crippen molar-refractivity contribution in [1.29, 1.82) is 0 Å². The normalized spacial score (nSPS) is 14.6. The fourth-order valence-electron chi connectivity index (χ4n) is 0.596. The van der Waals surface area contributed by atoms with Gasteiger partial charge in [0, 0.05) is 0 Å². The minimum atomic E-state index is 0.790. The van der Waals surface area contributed by atoms with Crippen LogP contribution in [0.5, 0.6) is 0 Å². The van der Waals surface area contributed by atoms with E-state index in [1.807, 2.05) is 0 Å². The summed E-state index contributed by atoms with van der Waals surface area (Å²) >= 11 is 0. The molecule has 0 fully saturated rings. The molecule has 1 heteroatoms. The summed E-state index contributed by atoms with van der Waals surface area (Å²) in [6.07, 6.45) is 1.16. The molecule has 8 heavy (non-hydrogen) atoms. The summed E-state index contributed by atoms with van der Waals surface area (Å²) in [5.74, 6) is 1.58. The molecule has 0 aromatic rings. The van der Waals surface area contributed by atoms with E-state index in [0.29, 0.717) is 0 Å². The molecule has 2 N–H and O–H groups in total. The van der Waals surface area contributed by atoms with E-state index in [9.17, 15) is 0 Å². The predicted octanol–water partition coefficient (Wildman–Crippen LogP) is 1.63. The van der Waals surface area contributed by atoms with Crippen LogP contribution >= 0.6 is 0 Å². The summed E-state index contributed by atoms with van der Waals surface area (Å²) in [5, 5.41) is 0. The first-order chi connectivity index (χ1) is 3.68. The Morgan fingerprint density at radius 1 is 1.25 bits per heavy atom. The maximum absolute atomic E-state index is 5.37. The molecule has 0 rings (SSSR count). The molecule has 50 valence electrons. The lowest BCUT2D eigenvalue weighted by Gasteiger charge is -2.12. The van der Waals surface area contributed by atoms with Gasteiger partial charge in [-0.1, -0.05) is 20.8 Å². The first kappa shape index (κ1) is 7.96. The van der Waals surface area contributed by atoms with E-state index in [1.165, 1.54) is 0 Å². The summed E-state index contributed by atoms with van der Waals surface area (Å²) in [6, 6.07) is 0. The number of hydrogen-bond acceptors (Lipinski definition) is 1. The summed E-state index contributed by atoms with van der Waals surface area (Å²) in [4.78, 5) is 0. The van der Waals surface area contributed by atoms with E-state index in [0.717, 1.165) is 24.8 Å². The third-order valence-electron chi connectivity index (χ3n) is 1.76. The van der Waals surface area contributed by atoms with Crippen LogP contribution in [0.4, 0.5) is 0 Å². The van der Waals surface area contributed by atoms with E-state index < -0.39 is 0 Å². The van der Waals surface area contributed by atoms with Crippen molar-refractivity contribution in [3.8, 4) is 0 Å². The Kier molecular flexibility index (Phi) is 3.88. The fraction of sp³-hybridized carbons (Fsp3) is 1.00. The minimum absolute atomic E-state index is 0.790. The molecular formula is C7H17N. The molecule has 0 unspecified atom stereocenters. The molecule has 0 aliphatic rings. The van der Waals surface area contributed by atoms with Crippen LogP contribution in [-0.4, -0.2) is 6.54 Å². The van der Waals surface area contributed by atoms with Gasteiger partial charge < -0.3 is 5.73 Å². The van der Waals surface area contributed by atoms with E-state index >= 15 is 0 Å². The third-order valence-corrected chi connectivity index (χ3v) is 1.76. The van der Waals surface area contributed by atoms with Gasteiger partial charge in [-0.3, -0.25) is 0 Å². The Hall–Kier alpha value is -0.0400. The molecule has 0 saturated heterocycles. The lowest BCUT2D eigenvalue weighted by Crippen LogP contribution is -2.10. The van der Waals surface area contributed by atoms with Gasteiger partial charge in [-0.15, -0.1) is 0 Å². The SMILES string of the molecule is CC(C)[C@H](C)CCN. The van der Waals surface area contributed by atoms with Crippen molar-refractivity contribution in [3.05, 3.63) is 0 Å². The van der Waals surface area contributed by atoms with E-state index in [1.54, 1.807) is 0 Å². The van der Waals surface area contributed by atoms with Crippen LogP contribution < -0.4 is 5.73 Å². The van der Waals surface area contributed by atoms with Gasteiger partial charge in [0.2, 0.25) is 0 Å². The van der Waals surface area contributed by atoms with Gasteiger partial charge in [-0.2, -0.15) is 0 Å². The maximum Gasteiger partial charge on any atom is -0.00746 e. The third kappa shape index (κ3) is 3.03. The highest BCUT2D eigenvalue weighted by molar-refractivity contribution is 4.56. The standard InChI is InChI=1S/C7H17N/c1-6(2)7(3)4-5-8/h6-7H,4-5,8H2,1-3H3/t7-/m1/s1. The largest absolute Gasteiger partial charge is 0.330 e. The Balaban J connectivity index is 3.17. The smallest absolute Gasteiger partial charge is 0.00746 e. The molecule has 1 atom stereocenters. The van der Waals surface area contributed by atoms with Crippen molar-refractivity contribution in [3.63, 3.8) is 0 Å². The molecule has 0 aromatic carbocycles. The molecule has 0 bridgehead atoms. The Morgan fingerprint density at radius 2 is 1.75 bits per heavy atom. The predicted molar refractivity (Wildman–Crippen MR) is 37.7 cm³/mol. The summed E-state index contributed by atoms with van der Waals surface area (Å²) in [5.41, 5.74) is 5.37. The van der Waals surface area contributed by atoms with Crippen LogP contribution in [0, 0.1) is 11.8 Å². The van der Waals surface area contributed by atoms with Crippen molar-refractivity contribution in [1.82, 2.24) is 0 Å². The van der Waals surface area contributed by atoms with Gasteiger partial charge >= 0.3 is 0 Å². The highest BCUT2D eigenvalue weighted by Gasteiger charge is 2.03. The number of hydrogen-bond donors (Lipinski definition) is 1. The monoisotopic (exact) mass is 115 g/mol. The summed E-state index contributed by atoms with van der Waals surface area (Å²) in [6.45, 7) is 7.55. The minimum Gasteiger partial charge on any atom is -0.330 e. The number of rotatable bonds is 3. The average molecular weight is 115 g/mol. The molecule has 0 saturated carbocycles. The molecule has 0 amide bonds. The average Bonchev–Trinajstić information content (AvgIpc) is 1.67. The number of nitrogens with two attached hydrogens (primary N) is 1. The highest BCUT2D eigenvalue weighted by Crippen LogP contribution is 2.11. The van der Waals surface area contributed by atoms with Crippen molar-refractivity contribution >= 4 is 0 Å². The second-order valence-electron chi connectivity index (χ2n) is 2.80.